The molecule has 0 unspecified atom stereocenters. The summed E-state index contributed by atoms with van der Waals surface area (Å²) in [5.74, 6) is 1.04. The maximum atomic E-state index is 12.6. The first-order valence-electron chi connectivity index (χ1n) is 8.66. The molecule has 1 aromatic carbocycles. The van der Waals surface area contributed by atoms with Crippen molar-refractivity contribution in [3.8, 4) is 5.75 Å². The van der Waals surface area contributed by atoms with E-state index in [4.69, 9.17) is 9.15 Å². The molecule has 0 radical (unpaired) electrons. The quantitative estimate of drug-likeness (QED) is 0.829. The standard InChI is InChI=1S/C20H26O5/c1-7-10-8-13(21)11-9-12(19(2,3)4)17-14(16(11)24-10)15(22)18(23)20(5,6)25-17/h8-9,15,18,22-23H,7H2,1-6H3/t15-,18-/m1/s1. The van der Waals surface area contributed by atoms with Crippen LogP contribution in [0.3, 0.4) is 0 Å². The lowest BCUT2D eigenvalue weighted by atomic mass is 9.80. The minimum atomic E-state index is -1.20. The van der Waals surface area contributed by atoms with Gasteiger partial charge in [-0.3, -0.25) is 4.79 Å². The number of fused-ring (bicyclic) bond motifs is 3. The summed E-state index contributed by atoms with van der Waals surface area (Å²) < 4.78 is 12.0. The van der Waals surface area contributed by atoms with Crippen molar-refractivity contribution >= 4 is 11.0 Å². The van der Waals surface area contributed by atoms with E-state index >= 15 is 0 Å². The van der Waals surface area contributed by atoms with Crippen LogP contribution in [0.1, 0.15) is 64.5 Å². The monoisotopic (exact) mass is 346 g/mol. The van der Waals surface area contributed by atoms with Gasteiger partial charge in [0.2, 0.25) is 0 Å². The van der Waals surface area contributed by atoms with Crippen LogP contribution in [-0.2, 0) is 11.8 Å². The van der Waals surface area contributed by atoms with Gasteiger partial charge in [-0.15, -0.1) is 0 Å². The molecule has 1 aromatic heterocycles. The fourth-order valence-corrected chi connectivity index (χ4v) is 3.32. The third-order valence-electron chi connectivity index (χ3n) is 4.89. The summed E-state index contributed by atoms with van der Waals surface area (Å²) in [6.45, 7) is 11.4. The Balaban J connectivity index is 2.49. The number of hydrogen-bond donors (Lipinski definition) is 2. The van der Waals surface area contributed by atoms with Crippen molar-refractivity contribution in [1.29, 1.82) is 0 Å². The highest BCUT2D eigenvalue weighted by atomic mass is 16.5. The van der Waals surface area contributed by atoms with Gasteiger partial charge in [0.15, 0.2) is 5.43 Å². The van der Waals surface area contributed by atoms with E-state index in [1.54, 1.807) is 19.9 Å². The average Bonchev–Trinajstić information content (AvgIpc) is 2.50. The van der Waals surface area contributed by atoms with Crippen LogP contribution in [0, 0.1) is 0 Å². The first-order chi connectivity index (χ1) is 11.5. The van der Waals surface area contributed by atoms with E-state index in [-0.39, 0.29) is 10.8 Å². The van der Waals surface area contributed by atoms with E-state index in [0.29, 0.717) is 34.5 Å². The minimum absolute atomic E-state index is 0.155. The van der Waals surface area contributed by atoms with Crippen molar-refractivity contribution in [2.24, 2.45) is 0 Å². The lowest BCUT2D eigenvalue weighted by molar-refractivity contribution is -0.112. The predicted molar refractivity (Wildman–Crippen MR) is 96.2 cm³/mol. The van der Waals surface area contributed by atoms with Crippen LogP contribution in [-0.4, -0.2) is 21.9 Å². The largest absolute Gasteiger partial charge is 0.484 e. The van der Waals surface area contributed by atoms with Gasteiger partial charge in [0, 0.05) is 18.1 Å². The summed E-state index contributed by atoms with van der Waals surface area (Å²) in [7, 11) is 0. The molecule has 0 saturated carbocycles. The van der Waals surface area contributed by atoms with E-state index in [1.807, 2.05) is 27.7 Å². The maximum absolute atomic E-state index is 12.6. The van der Waals surface area contributed by atoms with E-state index < -0.39 is 17.8 Å². The zero-order chi connectivity index (χ0) is 18.7. The molecule has 0 aliphatic carbocycles. The van der Waals surface area contributed by atoms with Gasteiger partial charge in [0.05, 0.1) is 10.9 Å². The first kappa shape index (κ1) is 18.0. The highest BCUT2D eigenvalue weighted by Crippen LogP contribution is 2.48. The maximum Gasteiger partial charge on any atom is 0.192 e. The van der Waals surface area contributed by atoms with Gasteiger partial charge in [0.1, 0.15) is 34.9 Å². The number of aryl methyl sites for hydroxylation is 1. The molecular formula is C20H26O5. The molecule has 0 spiro atoms. The number of ether oxygens (including phenoxy) is 1. The average molecular weight is 346 g/mol. The summed E-state index contributed by atoms with van der Waals surface area (Å²) >= 11 is 0. The number of rotatable bonds is 1. The molecular weight excluding hydrogens is 320 g/mol. The van der Waals surface area contributed by atoms with Crippen LogP contribution >= 0.6 is 0 Å². The van der Waals surface area contributed by atoms with Gasteiger partial charge in [-0.2, -0.15) is 0 Å². The highest BCUT2D eigenvalue weighted by molar-refractivity contribution is 5.85. The molecule has 3 rings (SSSR count). The second-order valence-corrected chi connectivity index (χ2v) is 8.32. The molecule has 0 fully saturated rings. The molecule has 0 saturated heterocycles. The molecule has 0 bridgehead atoms. The van der Waals surface area contributed by atoms with Crippen molar-refractivity contribution in [1.82, 2.24) is 0 Å². The Bertz CT molecular complexity index is 886. The fourth-order valence-electron chi connectivity index (χ4n) is 3.32. The Morgan fingerprint density at radius 3 is 2.40 bits per heavy atom. The second-order valence-electron chi connectivity index (χ2n) is 8.32. The minimum Gasteiger partial charge on any atom is -0.484 e. The number of hydrogen-bond acceptors (Lipinski definition) is 5. The number of benzene rings is 1. The summed E-state index contributed by atoms with van der Waals surface area (Å²) in [4.78, 5) is 12.6. The molecule has 2 heterocycles. The summed E-state index contributed by atoms with van der Waals surface area (Å²) in [6.07, 6.45) is -1.76. The van der Waals surface area contributed by atoms with Crippen molar-refractivity contribution in [2.75, 3.05) is 0 Å². The van der Waals surface area contributed by atoms with Crippen molar-refractivity contribution in [2.45, 2.75) is 71.2 Å². The molecule has 2 atom stereocenters. The molecule has 0 amide bonds. The van der Waals surface area contributed by atoms with Crippen molar-refractivity contribution in [3.63, 3.8) is 0 Å². The molecule has 5 heteroatoms. The Morgan fingerprint density at radius 1 is 1.20 bits per heavy atom. The van der Waals surface area contributed by atoms with Crippen LogP contribution in [0.4, 0.5) is 0 Å². The normalized spacial score (nSPS) is 22.6. The van der Waals surface area contributed by atoms with Crippen molar-refractivity contribution in [3.05, 3.63) is 39.2 Å². The smallest absolute Gasteiger partial charge is 0.192 e. The Hall–Kier alpha value is -1.85. The zero-order valence-corrected chi connectivity index (χ0v) is 15.6. The van der Waals surface area contributed by atoms with Crippen LogP contribution < -0.4 is 10.2 Å². The molecule has 5 nitrogen and oxygen atoms in total. The molecule has 1 aliphatic rings. The number of aliphatic hydroxyl groups is 2. The molecule has 136 valence electrons. The SMILES string of the molecule is CCc1cc(=O)c2cc(C(C)(C)C)c3c(c2o1)[C@@H](O)[C@@H](O)C(C)(C)O3. The fraction of sp³-hybridized carbons (Fsp3) is 0.550. The van der Waals surface area contributed by atoms with Crippen LogP contribution in [0.15, 0.2) is 21.3 Å². The van der Waals surface area contributed by atoms with Gasteiger partial charge in [0.25, 0.3) is 0 Å². The van der Waals surface area contributed by atoms with E-state index in [2.05, 4.69) is 0 Å². The molecule has 2 aromatic rings. The molecule has 25 heavy (non-hydrogen) atoms. The van der Waals surface area contributed by atoms with E-state index in [9.17, 15) is 15.0 Å². The van der Waals surface area contributed by atoms with Crippen molar-refractivity contribution < 1.29 is 19.4 Å². The van der Waals surface area contributed by atoms with E-state index in [0.717, 1.165) is 5.56 Å². The van der Waals surface area contributed by atoms with Gasteiger partial charge in [-0.1, -0.05) is 27.7 Å². The van der Waals surface area contributed by atoms with Crippen LogP contribution in [0.5, 0.6) is 5.75 Å². The Labute approximate surface area is 147 Å². The second kappa shape index (κ2) is 5.58. The highest BCUT2D eigenvalue weighted by Gasteiger charge is 2.45. The summed E-state index contributed by atoms with van der Waals surface area (Å²) in [6, 6.07) is 3.28. The van der Waals surface area contributed by atoms with Crippen LogP contribution in [0.25, 0.3) is 11.0 Å². The zero-order valence-electron chi connectivity index (χ0n) is 15.6. The summed E-state index contributed by atoms with van der Waals surface area (Å²) in [5.41, 5.74) is 0.0502. The van der Waals surface area contributed by atoms with Gasteiger partial charge < -0.3 is 19.4 Å². The molecule has 2 N–H and O–H groups in total. The van der Waals surface area contributed by atoms with Gasteiger partial charge in [-0.05, 0) is 25.3 Å². The lowest BCUT2D eigenvalue weighted by Gasteiger charge is -2.42. The topological polar surface area (TPSA) is 79.9 Å². The first-order valence-corrected chi connectivity index (χ1v) is 8.66. The van der Waals surface area contributed by atoms with E-state index in [1.165, 1.54) is 6.07 Å². The third-order valence-corrected chi connectivity index (χ3v) is 4.89. The van der Waals surface area contributed by atoms with Gasteiger partial charge >= 0.3 is 0 Å². The van der Waals surface area contributed by atoms with Crippen LogP contribution in [0.2, 0.25) is 0 Å². The molecule has 1 aliphatic heterocycles. The third kappa shape index (κ3) is 2.75. The number of aliphatic hydroxyl groups excluding tert-OH is 2. The van der Waals surface area contributed by atoms with Gasteiger partial charge in [-0.25, -0.2) is 0 Å². The Kier molecular flexibility index (Phi) is 4.01. The predicted octanol–water partition coefficient (Wildman–Crippen LogP) is 3.22. The summed E-state index contributed by atoms with van der Waals surface area (Å²) in [5, 5.41) is 21.7. The lowest BCUT2D eigenvalue weighted by Crippen LogP contribution is -2.49. The Morgan fingerprint density at radius 2 is 1.84 bits per heavy atom.